The molecule has 0 spiro atoms. The SMILES string of the molecule is CC/C=C\C/C=C\C/C=C\C/C=C\C=C/C(O)C/C=C\CCC(=O)O[C@H](COC(=O)CCC/C=C\C/C=C\C/C=C\CCCCCCCC)COP(=O)([O-])OCC[N+](C)(C)C. The molecule has 0 aromatic heterocycles. The number of rotatable bonds is 39. The van der Waals surface area contributed by atoms with Crippen molar-refractivity contribution in [3.8, 4) is 0 Å². The van der Waals surface area contributed by atoms with Crippen LogP contribution in [0.15, 0.2) is 109 Å². The molecule has 0 aliphatic carbocycles. The normalized spacial score (nSPS) is 15.1. The Hall–Kier alpha value is -3.37. The Morgan fingerprint density at radius 2 is 1.18 bits per heavy atom. The molecule has 0 heterocycles. The van der Waals surface area contributed by atoms with Gasteiger partial charge in [0.1, 0.15) is 19.8 Å². The number of esters is 2. The number of phosphoric acid groups is 1. The summed E-state index contributed by atoms with van der Waals surface area (Å²) in [7, 11) is 1.01. The van der Waals surface area contributed by atoms with Crippen molar-refractivity contribution in [3.05, 3.63) is 109 Å². The van der Waals surface area contributed by atoms with Gasteiger partial charge in [0.05, 0.1) is 33.9 Å². The number of likely N-dealkylation sites (N-methyl/N-ethyl adjacent to an activating group) is 1. The number of ether oxygens (including phenoxy) is 2. The maximum absolute atomic E-state index is 12.7. The van der Waals surface area contributed by atoms with Crippen LogP contribution >= 0.6 is 7.82 Å². The molecule has 0 saturated heterocycles. The fourth-order valence-corrected chi connectivity index (χ4v) is 6.04. The van der Waals surface area contributed by atoms with Gasteiger partial charge in [0.15, 0.2) is 6.10 Å². The third-order valence-electron chi connectivity index (χ3n) is 8.87. The van der Waals surface area contributed by atoms with Crippen LogP contribution < -0.4 is 4.89 Å². The maximum Gasteiger partial charge on any atom is 0.306 e. The van der Waals surface area contributed by atoms with Crippen molar-refractivity contribution in [3.63, 3.8) is 0 Å². The van der Waals surface area contributed by atoms with Crippen LogP contribution in [0.5, 0.6) is 0 Å². The van der Waals surface area contributed by atoms with E-state index in [1.165, 1.54) is 38.5 Å². The second-order valence-corrected chi connectivity index (χ2v) is 17.3. The highest BCUT2D eigenvalue weighted by Crippen LogP contribution is 2.38. The van der Waals surface area contributed by atoms with Crippen LogP contribution in [-0.2, 0) is 32.7 Å². The molecule has 10 nitrogen and oxygen atoms in total. The topological polar surface area (TPSA) is 131 Å². The van der Waals surface area contributed by atoms with Gasteiger partial charge in [-0.15, -0.1) is 0 Å². The molecule has 346 valence electrons. The van der Waals surface area contributed by atoms with Crippen molar-refractivity contribution in [2.75, 3.05) is 47.5 Å². The monoisotopic (exact) mass is 872 g/mol. The molecule has 0 aliphatic heterocycles. The Morgan fingerprint density at radius 1 is 0.623 bits per heavy atom. The summed E-state index contributed by atoms with van der Waals surface area (Å²) < 4.78 is 33.7. The molecular formula is C50H82NO9P. The zero-order chi connectivity index (χ0) is 45.1. The van der Waals surface area contributed by atoms with E-state index >= 15 is 0 Å². The minimum atomic E-state index is -4.69. The lowest BCUT2D eigenvalue weighted by Gasteiger charge is -2.28. The van der Waals surface area contributed by atoms with Gasteiger partial charge in [-0.25, -0.2) is 0 Å². The molecule has 1 N–H and O–H groups in total. The quantitative estimate of drug-likeness (QED) is 0.0160. The number of nitrogens with zero attached hydrogens (tertiary/aromatic N) is 1. The third-order valence-corrected chi connectivity index (χ3v) is 9.83. The van der Waals surface area contributed by atoms with E-state index in [1.807, 2.05) is 45.4 Å². The number of aliphatic hydroxyl groups excluding tert-OH is 1. The molecule has 0 aliphatic rings. The molecular weight excluding hydrogens is 790 g/mol. The molecule has 0 aromatic carbocycles. The molecule has 61 heavy (non-hydrogen) atoms. The van der Waals surface area contributed by atoms with Gasteiger partial charge in [-0.05, 0) is 77.0 Å². The van der Waals surface area contributed by atoms with Crippen molar-refractivity contribution < 1.29 is 47.2 Å². The number of allylic oxidation sites excluding steroid dienone is 16. The lowest BCUT2D eigenvalue weighted by atomic mass is 10.1. The van der Waals surface area contributed by atoms with E-state index in [-0.39, 0.29) is 26.1 Å². The first-order chi connectivity index (χ1) is 29.4. The second-order valence-electron chi connectivity index (χ2n) is 15.9. The fourth-order valence-electron chi connectivity index (χ4n) is 5.31. The van der Waals surface area contributed by atoms with Crippen molar-refractivity contribution >= 4 is 19.8 Å². The Bertz CT molecular complexity index is 1420. The number of carbonyl (C=O) groups is 2. The van der Waals surface area contributed by atoms with E-state index in [2.05, 4.69) is 80.7 Å². The van der Waals surface area contributed by atoms with Gasteiger partial charge in [-0.1, -0.05) is 155 Å². The van der Waals surface area contributed by atoms with E-state index in [4.69, 9.17) is 18.5 Å². The minimum Gasteiger partial charge on any atom is -0.756 e. The number of quaternary nitrogens is 1. The van der Waals surface area contributed by atoms with E-state index in [0.717, 1.165) is 44.9 Å². The second kappa shape index (κ2) is 40.7. The first-order valence-corrected chi connectivity index (χ1v) is 24.2. The number of phosphoric ester groups is 1. The molecule has 2 unspecified atom stereocenters. The Kier molecular flexibility index (Phi) is 38.4. The number of hydrogen-bond donors (Lipinski definition) is 1. The summed E-state index contributed by atoms with van der Waals surface area (Å²) in [5.74, 6) is -1.09. The Morgan fingerprint density at radius 3 is 1.80 bits per heavy atom. The zero-order valence-corrected chi connectivity index (χ0v) is 39.3. The maximum atomic E-state index is 12.7. The summed E-state index contributed by atoms with van der Waals surface area (Å²) in [5, 5.41) is 10.2. The van der Waals surface area contributed by atoms with E-state index in [0.29, 0.717) is 36.7 Å². The number of carbonyl (C=O) groups excluding carboxylic acids is 2. The lowest BCUT2D eigenvalue weighted by Crippen LogP contribution is -2.37. The fraction of sp³-hybridized carbons (Fsp3) is 0.600. The predicted octanol–water partition coefficient (Wildman–Crippen LogP) is 11.5. The first kappa shape index (κ1) is 57.6. The smallest absolute Gasteiger partial charge is 0.306 e. The summed E-state index contributed by atoms with van der Waals surface area (Å²) in [4.78, 5) is 37.5. The van der Waals surface area contributed by atoms with Gasteiger partial charge in [-0.3, -0.25) is 14.2 Å². The molecule has 3 atom stereocenters. The van der Waals surface area contributed by atoms with Crippen molar-refractivity contribution in [2.24, 2.45) is 0 Å². The van der Waals surface area contributed by atoms with Crippen LogP contribution in [0.3, 0.4) is 0 Å². The largest absolute Gasteiger partial charge is 0.756 e. The average Bonchev–Trinajstić information content (AvgIpc) is 3.21. The van der Waals surface area contributed by atoms with Gasteiger partial charge in [0, 0.05) is 12.8 Å². The van der Waals surface area contributed by atoms with Crippen molar-refractivity contribution in [2.45, 2.75) is 148 Å². The van der Waals surface area contributed by atoms with Crippen molar-refractivity contribution in [1.29, 1.82) is 0 Å². The molecule has 0 fully saturated rings. The molecule has 0 radical (unpaired) electrons. The molecule has 0 bridgehead atoms. The van der Waals surface area contributed by atoms with E-state index < -0.39 is 38.6 Å². The molecule has 0 amide bonds. The average molecular weight is 872 g/mol. The van der Waals surface area contributed by atoms with Crippen LogP contribution in [0.1, 0.15) is 136 Å². The minimum absolute atomic E-state index is 0.00134. The standard InChI is InChI=1S/C50H82NO9P/c1-6-8-10-12-14-16-18-20-21-22-23-25-27-29-31-33-37-41-49(53)57-45-48(46-59-61(55,56)58-44-43-51(3,4)5)60-50(54)42-38-34-36-40-47(52)39-35-32-30-28-26-24-19-17-15-13-11-9-7-2/h9,11,15,17,20-21,23-26,29-32,34-36,39,47-48,52H,6-8,10,12-14,16,18-19,22,27-28,33,37-38,40-46H2,1-5H3/b11-9-,17-15-,21-20-,25-23-,26-24-,31-29-,32-30-,36-34-,39-35-/t47?,48-/m1/s1. The number of hydrogen-bond acceptors (Lipinski definition) is 9. The Balaban J connectivity index is 4.67. The van der Waals surface area contributed by atoms with Crippen molar-refractivity contribution in [1.82, 2.24) is 0 Å². The predicted molar refractivity (Wildman–Crippen MR) is 251 cm³/mol. The van der Waals surface area contributed by atoms with Gasteiger partial charge in [0.25, 0.3) is 7.82 Å². The molecule has 0 saturated carbocycles. The highest BCUT2D eigenvalue weighted by molar-refractivity contribution is 7.45. The summed E-state index contributed by atoms with van der Waals surface area (Å²) in [6.07, 6.45) is 51.6. The summed E-state index contributed by atoms with van der Waals surface area (Å²) >= 11 is 0. The Labute approximate surface area is 370 Å². The summed E-state index contributed by atoms with van der Waals surface area (Å²) in [6.45, 7) is 3.81. The lowest BCUT2D eigenvalue weighted by molar-refractivity contribution is -0.870. The van der Waals surface area contributed by atoms with Gasteiger partial charge in [0.2, 0.25) is 0 Å². The zero-order valence-electron chi connectivity index (χ0n) is 38.4. The highest BCUT2D eigenvalue weighted by Gasteiger charge is 2.21. The molecule has 11 heteroatoms. The molecule has 0 aromatic rings. The van der Waals surface area contributed by atoms with Crippen LogP contribution in [0.4, 0.5) is 0 Å². The van der Waals surface area contributed by atoms with Crippen LogP contribution in [-0.4, -0.2) is 81.2 Å². The first-order valence-electron chi connectivity index (χ1n) is 22.7. The van der Waals surface area contributed by atoms with E-state index in [1.54, 1.807) is 18.2 Å². The summed E-state index contributed by atoms with van der Waals surface area (Å²) in [5.41, 5.74) is 0. The van der Waals surface area contributed by atoms with Crippen LogP contribution in [0.2, 0.25) is 0 Å². The van der Waals surface area contributed by atoms with E-state index in [9.17, 15) is 24.2 Å². The summed E-state index contributed by atoms with van der Waals surface area (Å²) in [6, 6.07) is 0. The van der Waals surface area contributed by atoms with Crippen LogP contribution in [0, 0.1) is 0 Å². The highest BCUT2D eigenvalue weighted by atomic mass is 31.2. The van der Waals surface area contributed by atoms with Gasteiger partial charge in [-0.2, -0.15) is 0 Å². The van der Waals surface area contributed by atoms with Gasteiger partial charge < -0.3 is 33.0 Å². The van der Waals surface area contributed by atoms with Crippen LogP contribution in [0.25, 0.3) is 0 Å². The molecule has 0 rings (SSSR count). The van der Waals surface area contributed by atoms with Gasteiger partial charge >= 0.3 is 11.9 Å². The third kappa shape index (κ3) is 44.5. The number of unbranched alkanes of at least 4 members (excludes halogenated alkanes) is 7. The number of aliphatic hydroxyl groups is 1.